The number of likely N-dealkylation sites (N-methyl/N-ethyl adjacent to an activating group) is 1. The van der Waals surface area contributed by atoms with Crippen LogP contribution in [0.4, 0.5) is 5.69 Å². The van der Waals surface area contributed by atoms with Gasteiger partial charge in [0.2, 0.25) is 11.8 Å². The van der Waals surface area contributed by atoms with Crippen LogP contribution < -0.4 is 14.4 Å². The summed E-state index contributed by atoms with van der Waals surface area (Å²) in [5.41, 5.74) is 3.13. The minimum absolute atomic E-state index is 0.0270. The van der Waals surface area contributed by atoms with Crippen LogP contribution in [0.1, 0.15) is 30.5 Å². The van der Waals surface area contributed by atoms with E-state index in [1.807, 2.05) is 45.0 Å². The van der Waals surface area contributed by atoms with Gasteiger partial charge in [-0.15, -0.1) is 0 Å². The van der Waals surface area contributed by atoms with Gasteiger partial charge in [-0.1, -0.05) is 42.0 Å². The van der Waals surface area contributed by atoms with Crippen LogP contribution in [0.25, 0.3) is 0 Å². The second-order valence-corrected chi connectivity index (χ2v) is 10.9. The van der Waals surface area contributed by atoms with E-state index in [-0.39, 0.29) is 17.3 Å². The van der Waals surface area contributed by atoms with Gasteiger partial charge < -0.3 is 15.0 Å². The average Bonchev–Trinajstić information content (AvgIpc) is 2.91. The summed E-state index contributed by atoms with van der Waals surface area (Å²) in [5.74, 6) is -0.296. The molecule has 1 unspecified atom stereocenters. The molecule has 9 heteroatoms. The summed E-state index contributed by atoms with van der Waals surface area (Å²) in [5, 5.41) is 2.59. The first-order valence-electron chi connectivity index (χ1n) is 12.5. The van der Waals surface area contributed by atoms with E-state index in [4.69, 9.17) is 4.74 Å². The van der Waals surface area contributed by atoms with Crippen LogP contribution >= 0.6 is 0 Å². The van der Waals surface area contributed by atoms with Crippen LogP contribution in [0.2, 0.25) is 0 Å². The number of carbonyl (C=O) groups is 2. The van der Waals surface area contributed by atoms with Crippen LogP contribution in [-0.4, -0.2) is 51.4 Å². The van der Waals surface area contributed by atoms with Crippen molar-refractivity contribution in [3.8, 4) is 5.75 Å². The molecule has 1 N–H and O–H groups in total. The van der Waals surface area contributed by atoms with Gasteiger partial charge in [-0.3, -0.25) is 13.9 Å². The molecule has 38 heavy (non-hydrogen) atoms. The number of aryl methyl sites for hydroxylation is 2. The second kappa shape index (κ2) is 12.6. The summed E-state index contributed by atoms with van der Waals surface area (Å²) >= 11 is 0. The lowest BCUT2D eigenvalue weighted by Crippen LogP contribution is -2.50. The van der Waals surface area contributed by atoms with Crippen LogP contribution in [0.3, 0.4) is 0 Å². The topological polar surface area (TPSA) is 96.0 Å². The fraction of sp³-hybridized carbons (Fsp3) is 0.310. The van der Waals surface area contributed by atoms with Crippen LogP contribution in [0.15, 0.2) is 77.7 Å². The number of amides is 2. The molecule has 1 atom stereocenters. The predicted molar refractivity (Wildman–Crippen MR) is 149 cm³/mol. The van der Waals surface area contributed by atoms with E-state index in [1.165, 1.54) is 24.1 Å². The van der Waals surface area contributed by atoms with Gasteiger partial charge in [0.1, 0.15) is 18.3 Å². The lowest BCUT2D eigenvalue weighted by molar-refractivity contribution is -0.139. The molecule has 0 radical (unpaired) electrons. The second-order valence-electron chi connectivity index (χ2n) is 8.99. The number of benzene rings is 3. The zero-order chi connectivity index (χ0) is 27.9. The minimum Gasteiger partial charge on any atom is -0.494 e. The number of rotatable bonds is 11. The summed E-state index contributed by atoms with van der Waals surface area (Å²) in [7, 11) is -2.63. The van der Waals surface area contributed by atoms with Gasteiger partial charge in [0.25, 0.3) is 10.0 Å². The number of carbonyl (C=O) groups excluding carboxylic acids is 2. The highest BCUT2D eigenvalue weighted by molar-refractivity contribution is 7.92. The maximum absolute atomic E-state index is 13.9. The molecule has 0 aromatic heterocycles. The molecule has 0 aliphatic carbocycles. The van der Waals surface area contributed by atoms with Crippen molar-refractivity contribution in [3.05, 3.63) is 89.5 Å². The number of nitrogens with one attached hydrogen (secondary N) is 1. The Morgan fingerprint density at radius 1 is 0.947 bits per heavy atom. The highest BCUT2D eigenvalue weighted by Crippen LogP contribution is 2.26. The number of ether oxygens (including phenoxy) is 1. The average molecular weight is 538 g/mol. The monoisotopic (exact) mass is 537 g/mol. The zero-order valence-electron chi connectivity index (χ0n) is 22.5. The number of hydrogen-bond acceptors (Lipinski definition) is 5. The Morgan fingerprint density at radius 2 is 1.58 bits per heavy atom. The molecule has 3 aromatic carbocycles. The van der Waals surface area contributed by atoms with Gasteiger partial charge in [0.15, 0.2) is 0 Å². The fourth-order valence-corrected chi connectivity index (χ4v) is 5.42. The van der Waals surface area contributed by atoms with Crippen molar-refractivity contribution in [1.82, 2.24) is 10.2 Å². The SMILES string of the molecule is CCOc1ccc(S(=O)(=O)N(CC(=O)N(Cc2ccccc2C)C(C)C(=O)NC)c2ccc(C)cc2)cc1. The van der Waals surface area contributed by atoms with Gasteiger partial charge in [0.05, 0.1) is 17.2 Å². The van der Waals surface area contributed by atoms with Crippen LogP contribution in [0.5, 0.6) is 5.75 Å². The van der Waals surface area contributed by atoms with E-state index in [0.29, 0.717) is 18.0 Å². The summed E-state index contributed by atoms with van der Waals surface area (Å²) in [4.78, 5) is 27.8. The third-order valence-electron chi connectivity index (χ3n) is 6.34. The molecule has 2 amide bonds. The molecule has 0 saturated carbocycles. The van der Waals surface area contributed by atoms with E-state index in [9.17, 15) is 18.0 Å². The van der Waals surface area contributed by atoms with Gasteiger partial charge in [-0.2, -0.15) is 0 Å². The Hall–Kier alpha value is -3.85. The quantitative estimate of drug-likeness (QED) is 0.398. The molecular weight excluding hydrogens is 502 g/mol. The smallest absolute Gasteiger partial charge is 0.264 e. The molecule has 0 saturated heterocycles. The van der Waals surface area contributed by atoms with E-state index >= 15 is 0 Å². The number of anilines is 1. The normalized spacial score (nSPS) is 11.9. The maximum atomic E-state index is 13.9. The van der Waals surface area contributed by atoms with Crippen molar-refractivity contribution >= 4 is 27.5 Å². The molecule has 0 heterocycles. The van der Waals surface area contributed by atoms with Gasteiger partial charge >= 0.3 is 0 Å². The predicted octanol–water partition coefficient (Wildman–Crippen LogP) is 4.06. The first-order valence-corrected chi connectivity index (χ1v) is 13.9. The van der Waals surface area contributed by atoms with Crippen molar-refractivity contribution < 1.29 is 22.7 Å². The largest absolute Gasteiger partial charge is 0.494 e. The Labute approximate surface area is 225 Å². The maximum Gasteiger partial charge on any atom is 0.264 e. The zero-order valence-corrected chi connectivity index (χ0v) is 23.3. The molecule has 3 aromatic rings. The Kier molecular flexibility index (Phi) is 9.52. The fourth-order valence-electron chi connectivity index (χ4n) is 4.00. The summed E-state index contributed by atoms with van der Waals surface area (Å²) < 4.78 is 34.2. The molecule has 0 spiro atoms. The molecular formula is C29H35N3O5S. The van der Waals surface area contributed by atoms with Gasteiger partial charge in [-0.05, 0) is 75.2 Å². The number of nitrogens with zero attached hydrogens (tertiary/aromatic N) is 2. The summed E-state index contributed by atoms with van der Waals surface area (Å²) in [6, 6.07) is 19.8. The standard InChI is InChI=1S/C29H35N3O5S/c1-6-37-26-15-17-27(18-16-26)38(35,36)32(25-13-11-21(2)12-14-25)20-28(33)31(23(4)29(34)30-5)19-24-10-8-7-9-22(24)3/h7-18,23H,6,19-20H2,1-5H3,(H,30,34). The molecule has 8 nitrogen and oxygen atoms in total. The third kappa shape index (κ3) is 6.72. The molecule has 0 aliphatic heterocycles. The molecule has 202 valence electrons. The van der Waals surface area contributed by atoms with Crippen molar-refractivity contribution in [2.24, 2.45) is 0 Å². The first-order chi connectivity index (χ1) is 18.1. The van der Waals surface area contributed by atoms with Gasteiger partial charge in [0, 0.05) is 13.6 Å². The van der Waals surface area contributed by atoms with E-state index < -0.39 is 28.5 Å². The summed E-state index contributed by atoms with van der Waals surface area (Å²) in [6.45, 7) is 7.43. The summed E-state index contributed by atoms with van der Waals surface area (Å²) in [6.07, 6.45) is 0. The highest BCUT2D eigenvalue weighted by Gasteiger charge is 2.32. The molecule has 0 bridgehead atoms. The Bertz CT molecular complexity index is 1360. The Morgan fingerprint density at radius 3 is 2.16 bits per heavy atom. The minimum atomic E-state index is -4.13. The lowest BCUT2D eigenvalue weighted by atomic mass is 10.1. The molecule has 0 fully saturated rings. The molecule has 0 aliphatic rings. The molecule has 3 rings (SSSR count). The van der Waals surface area contributed by atoms with E-state index in [2.05, 4.69) is 5.32 Å². The van der Waals surface area contributed by atoms with E-state index in [1.54, 1.807) is 43.3 Å². The first kappa shape index (κ1) is 28.7. The van der Waals surface area contributed by atoms with Crippen molar-refractivity contribution in [2.45, 2.75) is 45.2 Å². The highest BCUT2D eigenvalue weighted by atomic mass is 32.2. The van der Waals surface area contributed by atoms with Gasteiger partial charge in [-0.25, -0.2) is 8.42 Å². The lowest BCUT2D eigenvalue weighted by Gasteiger charge is -2.32. The Balaban J connectivity index is 2.02. The van der Waals surface area contributed by atoms with Crippen molar-refractivity contribution in [1.29, 1.82) is 0 Å². The van der Waals surface area contributed by atoms with Crippen molar-refractivity contribution in [2.75, 3.05) is 24.5 Å². The van der Waals surface area contributed by atoms with Crippen LogP contribution in [0, 0.1) is 13.8 Å². The third-order valence-corrected chi connectivity index (χ3v) is 8.13. The van der Waals surface area contributed by atoms with E-state index in [0.717, 1.165) is 21.0 Å². The van der Waals surface area contributed by atoms with Crippen molar-refractivity contribution in [3.63, 3.8) is 0 Å². The van der Waals surface area contributed by atoms with Crippen LogP contribution in [-0.2, 0) is 26.2 Å². The number of sulfonamides is 1. The number of hydrogen-bond donors (Lipinski definition) is 1.